The Kier molecular flexibility index (Phi) is 4.58. The Morgan fingerprint density at radius 3 is 2.40 bits per heavy atom. The number of hydrogen-bond donors (Lipinski definition) is 3. The van der Waals surface area contributed by atoms with Crippen molar-refractivity contribution in [3.05, 3.63) is 28.8 Å². The third kappa shape index (κ3) is 2.61. The smallest absolute Gasteiger partial charge is 0.336 e. The van der Waals surface area contributed by atoms with Crippen molar-refractivity contribution in [2.24, 2.45) is 5.73 Å². The van der Waals surface area contributed by atoms with Crippen LogP contribution in [0.15, 0.2) is 12.1 Å². The fraction of sp³-hybridized carbons (Fsp3) is 0.300. The van der Waals surface area contributed by atoms with Gasteiger partial charge in [0.2, 0.25) is 0 Å². The van der Waals surface area contributed by atoms with Gasteiger partial charge in [0.05, 0.1) is 5.56 Å². The molecule has 1 aromatic rings. The van der Waals surface area contributed by atoms with Crippen LogP contribution in [0.3, 0.4) is 0 Å². The lowest BCUT2D eigenvalue weighted by atomic mass is 9.98. The molecule has 0 unspecified atom stereocenters. The Labute approximate surface area is 94.1 Å². The molecule has 0 bridgehead atoms. The van der Waals surface area contributed by atoms with Crippen molar-refractivity contribution in [3.8, 4) is 5.75 Å². The summed E-state index contributed by atoms with van der Waals surface area (Å²) in [5.41, 5.74) is 6.57. The van der Waals surface area contributed by atoms with Crippen molar-refractivity contribution in [1.82, 2.24) is 0 Å². The van der Waals surface area contributed by atoms with Gasteiger partial charge >= 0.3 is 5.97 Å². The highest BCUT2D eigenvalue weighted by atomic mass is 35.5. The standard InChI is InChI=1S/C10H13NO3.ClH/c1-5-3-4-7(10(13)14)8(6(2)11)9(5)12;/h3-4,6,12H,11H2,1-2H3,(H,13,14);1H/t6-;/m0./s1. The van der Waals surface area contributed by atoms with E-state index in [1.807, 2.05) is 0 Å². The third-order valence-electron chi connectivity index (χ3n) is 2.10. The minimum Gasteiger partial charge on any atom is -0.507 e. The summed E-state index contributed by atoms with van der Waals surface area (Å²) in [6, 6.07) is 2.52. The summed E-state index contributed by atoms with van der Waals surface area (Å²) >= 11 is 0. The SMILES string of the molecule is Cc1ccc(C(=O)O)c([C@H](C)N)c1O.Cl. The Morgan fingerprint density at radius 1 is 1.47 bits per heavy atom. The molecule has 0 saturated heterocycles. The molecule has 84 valence electrons. The molecule has 0 spiro atoms. The van der Waals surface area contributed by atoms with Crippen molar-refractivity contribution in [2.75, 3.05) is 0 Å². The van der Waals surface area contributed by atoms with Crippen LogP contribution in [0, 0.1) is 6.92 Å². The van der Waals surface area contributed by atoms with E-state index in [4.69, 9.17) is 10.8 Å². The highest BCUT2D eigenvalue weighted by Crippen LogP contribution is 2.29. The van der Waals surface area contributed by atoms with Gasteiger partial charge in [-0.1, -0.05) is 6.07 Å². The van der Waals surface area contributed by atoms with E-state index in [2.05, 4.69) is 0 Å². The fourth-order valence-electron chi connectivity index (χ4n) is 1.36. The first-order valence-electron chi connectivity index (χ1n) is 4.26. The molecule has 0 radical (unpaired) electrons. The summed E-state index contributed by atoms with van der Waals surface area (Å²) in [7, 11) is 0. The van der Waals surface area contributed by atoms with E-state index in [9.17, 15) is 9.90 Å². The van der Waals surface area contributed by atoms with Crippen LogP contribution in [0.25, 0.3) is 0 Å². The normalized spacial score (nSPS) is 11.7. The maximum atomic E-state index is 10.8. The van der Waals surface area contributed by atoms with E-state index in [1.165, 1.54) is 6.07 Å². The molecule has 0 fully saturated rings. The van der Waals surface area contributed by atoms with Gasteiger partial charge in [0.15, 0.2) is 0 Å². The van der Waals surface area contributed by atoms with E-state index >= 15 is 0 Å². The van der Waals surface area contributed by atoms with Gasteiger partial charge in [0.25, 0.3) is 0 Å². The van der Waals surface area contributed by atoms with E-state index in [1.54, 1.807) is 19.9 Å². The number of carboxylic acid groups (broad SMARTS) is 1. The minimum atomic E-state index is -1.08. The first-order chi connectivity index (χ1) is 6.45. The molecule has 4 N–H and O–H groups in total. The lowest BCUT2D eigenvalue weighted by molar-refractivity contribution is 0.0694. The average molecular weight is 232 g/mol. The summed E-state index contributed by atoms with van der Waals surface area (Å²) in [5.74, 6) is -1.10. The molecule has 15 heavy (non-hydrogen) atoms. The zero-order valence-corrected chi connectivity index (χ0v) is 9.34. The lowest BCUT2D eigenvalue weighted by Crippen LogP contribution is -2.12. The van der Waals surface area contributed by atoms with Gasteiger partial charge in [-0.2, -0.15) is 0 Å². The number of benzene rings is 1. The van der Waals surface area contributed by atoms with E-state index < -0.39 is 12.0 Å². The molecule has 1 aromatic carbocycles. The summed E-state index contributed by atoms with van der Waals surface area (Å²) in [6.07, 6.45) is 0. The van der Waals surface area contributed by atoms with Crippen LogP contribution in [0.5, 0.6) is 5.75 Å². The van der Waals surface area contributed by atoms with Gasteiger partial charge in [-0.15, -0.1) is 12.4 Å². The second-order valence-corrected chi connectivity index (χ2v) is 3.29. The number of hydrogen-bond acceptors (Lipinski definition) is 3. The maximum absolute atomic E-state index is 10.8. The second kappa shape index (κ2) is 5.00. The maximum Gasteiger partial charge on any atom is 0.336 e. The minimum absolute atomic E-state index is 0. The first-order valence-corrected chi connectivity index (χ1v) is 4.26. The Hall–Kier alpha value is -1.26. The number of carbonyl (C=O) groups is 1. The number of phenolic OH excluding ortho intramolecular Hbond substituents is 1. The van der Waals surface area contributed by atoms with Crippen LogP contribution >= 0.6 is 12.4 Å². The largest absolute Gasteiger partial charge is 0.507 e. The number of aromatic carboxylic acids is 1. The Balaban J connectivity index is 0.00000196. The molecule has 4 nitrogen and oxygen atoms in total. The number of phenols is 1. The van der Waals surface area contributed by atoms with Crippen molar-refractivity contribution < 1.29 is 15.0 Å². The van der Waals surface area contributed by atoms with E-state index in [-0.39, 0.29) is 29.3 Å². The topological polar surface area (TPSA) is 83.5 Å². The molecule has 0 aliphatic heterocycles. The second-order valence-electron chi connectivity index (χ2n) is 3.29. The summed E-state index contributed by atoms with van der Waals surface area (Å²) in [4.78, 5) is 10.8. The van der Waals surface area contributed by atoms with Crippen LogP contribution in [-0.4, -0.2) is 16.2 Å². The number of aromatic hydroxyl groups is 1. The first kappa shape index (κ1) is 13.7. The fourth-order valence-corrected chi connectivity index (χ4v) is 1.36. The molecule has 1 rings (SSSR count). The van der Waals surface area contributed by atoms with Gasteiger partial charge in [-0.25, -0.2) is 4.79 Å². The molecule has 0 amide bonds. The predicted molar refractivity (Wildman–Crippen MR) is 59.7 cm³/mol. The lowest BCUT2D eigenvalue weighted by Gasteiger charge is -2.13. The number of carboxylic acids is 1. The third-order valence-corrected chi connectivity index (χ3v) is 2.10. The Bertz CT molecular complexity index is 377. The zero-order valence-electron chi connectivity index (χ0n) is 8.52. The van der Waals surface area contributed by atoms with Gasteiger partial charge in [-0.05, 0) is 25.5 Å². The summed E-state index contributed by atoms with van der Waals surface area (Å²) in [5, 5.41) is 18.5. The number of halogens is 1. The van der Waals surface area contributed by atoms with Crippen LogP contribution in [-0.2, 0) is 0 Å². The molecule has 0 saturated carbocycles. The van der Waals surface area contributed by atoms with Crippen molar-refractivity contribution in [3.63, 3.8) is 0 Å². The van der Waals surface area contributed by atoms with Gasteiger partial charge < -0.3 is 15.9 Å². The summed E-state index contributed by atoms with van der Waals surface area (Å²) in [6.45, 7) is 3.34. The van der Waals surface area contributed by atoms with Crippen LogP contribution in [0.1, 0.15) is 34.5 Å². The predicted octanol–water partition coefficient (Wildman–Crippen LogP) is 1.84. The number of aryl methyl sites for hydroxylation is 1. The highest BCUT2D eigenvalue weighted by Gasteiger charge is 2.18. The van der Waals surface area contributed by atoms with Gasteiger partial charge in [0, 0.05) is 11.6 Å². The van der Waals surface area contributed by atoms with Gasteiger partial charge in [0.1, 0.15) is 5.75 Å². The molecular formula is C10H14ClNO3. The monoisotopic (exact) mass is 231 g/mol. The molecule has 0 aromatic heterocycles. The molecule has 5 heteroatoms. The molecule has 0 aliphatic carbocycles. The summed E-state index contributed by atoms with van der Waals surface area (Å²) < 4.78 is 0. The quantitative estimate of drug-likeness (QED) is 0.725. The van der Waals surface area contributed by atoms with Crippen LogP contribution < -0.4 is 5.73 Å². The number of rotatable bonds is 2. The zero-order chi connectivity index (χ0) is 10.9. The molecule has 0 aliphatic rings. The molecule has 0 heterocycles. The van der Waals surface area contributed by atoms with Crippen molar-refractivity contribution in [1.29, 1.82) is 0 Å². The Morgan fingerprint density at radius 2 is 2.00 bits per heavy atom. The van der Waals surface area contributed by atoms with Crippen molar-refractivity contribution in [2.45, 2.75) is 19.9 Å². The van der Waals surface area contributed by atoms with Crippen LogP contribution in [0.2, 0.25) is 0 Å². The average Bonchev–Trinajstić information content (AvgIpc) is 2.08. The van der Waals surface area contributed by atoms with Gasteiger partial charge in [-0.3, -0.25) is 0 Å². The molecular weight excluding hydrogens is 218 g/mol. The number of nitrogens with two attached hydrogens (primary N) is 1. The van der Waals surface area contributed by atoms with E-state index in [0.29, 0.717) is 5.56 Å². The van der Waals surface area contributed by atoms with Crippen molar-refractivity contribution >= 4 is 18.4 Å². The highest BCUT2D eigenvalue weighted by molar-refractivity contribution is 5.90. The van der Waals surface area contributed by atoms with Crippen LogP contribution in [0.4, 0.5) is 0 Å². The van der Waals surface area contributed by atoms with E-state index in [0.717, 1.165) is 0 Å². The molecule has 1 atom stereocenters.